The Morgan fingerprint density at radius 1 is 0.880 bits per heavy atom. The SMILES string of the molecule is FC(F)(F)c1ccc(Nc2cc(Cl)nc(-c3ccccc3)n2)c(Cl)c1. The van der Waals surface area contributed by atoms with Crippen molar-refractivity contribution in [1.82, 2.24) is 9.97 Å². The van der Waals surface area contributed by atoms with E-state index < -0.39 is 11.7 Å². The smallest absolute Gasteiger partial charge is 0.339 e. The average Bonchev–Trinajstić information content (AvgIpc) is 2.56. The quantitative estimate of drug-likeness (QED) is 0.546. The van der Waals surface area contributed by atoms with Gasteiger partial charge in [-0.1, -0.05) is 53.5 Å². The fourth-order valence-corrected chi connectivity index (χ4v) is 2.54. The molecule has 0 radical (unpaired) electrons. The Morgan fingerprint density at radius 3 is 2.24 bits per heavy atom. The van der Waals surface area contributed by atoms with E-state index >= 15 is 0 Å². The maximum atomic E-state index is 12.7. The molecule has 3 nitrogen and oxygen atoms in total. The number of halogens is 5. The molecule has 0 atom stereocenters. The molecule has 0 aliphatic heterocycles. The van der Waals surface area contributed by atoms with E-state index in [1.165, 1.54) is 12.1 Å². The number of rotatable bonds is 3. The Morgan fingerprint density at radius 2 is 1.60 bits per heavy atom. The van der Waals surface area contributed by atoms with Crippen LogP contribution in [0.2, 0.25) is 10.2 Å². The van der Waals surface area contributed by atoms with Crippen molar-refractivity contribution >= 4 is 34.7 Å². The van der Waals surface area contributed by atoms with Crippen molar-refractivity contribution in [3.63, 3.8) is 0 Å². The lowest BCUT2D eigenvalue weighted by molar-refractivity contribution is -0.137. The van der Waals surface area contributed by atoms with Crippen molar-refractivity contribution in [3.05, 3.63) is 70.3 Å². The molecule has 8 heteroatoms. The number of hydrogen-bond donors (Lipinski definition) is 1. The van der Waals surface area contributed by atoms with Gasteiger partial charge in [-0.05, 0) is 18.2 Å². The molecule has 1 aromatic heterocycles. The summed E-state index contributed by atoms with van der Waals surface area (Å²) in [7, 11) is 0. The van der Waals surface area contributed by atoms with Crippen LogP contribution < -0.4 is 5.32 Å². The summed E-state index contributed by atoms with van der Waals surface area (Å²) in [5.74, 6) is 0.708. The van der Waals surface area contributed by atoms with Crippen molar-refractivity contribution in [2.75, 3.05) is 5.32 Å². The minimum absolute atomic E-state index is 0.0779. The van der Waals surface area contributed by atoms with Crippen LogP contribution >= 0.6 is 23.2 Å². The first-order valence-corrected chi connectivity index (χ1v) is 7.82. The van der Waals surface area contributed by atoms with E-state index in [-0.39, 0.29) is 15.9 Å². The largest absolute Gasteiger partial charge is 0.416 e. The highest BCUT2D eigenvalue weighted by atomic mass is 35.5. The minimum Gasteiger partial charge on any atom is -0.339 e. The lowest BCUT2D eigenvalue weighted by atomic mass is 10.2. The number of nitrogens with one attached hydrogen (secondary N) is 1. The number of aromatic nitrogens is 2. The van der Waals surface area contributed by atoms with Gasteiger partial charge in [-0.2, -0.15) is 13.2 Å². The van der Waals surface area contributed by atoms with Gasteiger partial charge in [-0.15, -0.1) is 0 Å². The molecule has 3 rings (SSSR count). The summed E-state index contributed by atoms with van der Waals surface area (Å²) >= 11 is 12.0. The number of benzene rings is 2. The van der Waals surface area contributed by atoms with Crippen LogP contribution in [0.25, 0.3) is 11.4 Å². The molecule has 0 bridgehead atoms. The molecule has 128 valence electrons. The summed E-state index contributed by atoms with van der Waals surface area (Å²) in [5.41, 5.74) is 0.212. The molecule has 25 heavy (non-hydrogen) atoms. The molecular weight excluding hydrogens is 374 g/mol. The van der Waals surface area contributed by atoms with Gasteiger partial charge in [-0.3, -0.25) is 0 Å². The zero-order valence-electron chi connectivity index (χ0n) is 12.5. The molecule has 0 amide bonds. The molecule has 0 saturated heterocycles. The van der Waals surface area contributed by atoms with Gasteiger partial charge >= 0.3 is 6.18 Å². The molecule has 0 aliphatic rings. The molecule has 3 aromatic rings. The zero-order chi connectivity index (χ0) is 18.0. The van der Waals surface area contributed by atoms with Gasteiger partial charge in [0, 0.05) is 11.6 Å². The van der Waals surface area contributed by atoms with E-state index in [9.17, 15) is 13.2 Å². The van der Waals surface area contributed by atoms with Crippen LogP contribution in [0, 0.1) is 0 Å². The summed E-state index contributed by atoms with van der Waals surface area (Å²) in [6, 6.07) is 13.7. The maximum absolute atomic E-state index is 12.7. The standard InChI is InChI=1S/C17H10Cl2F3N3/c18-12-8-11(17(20,21)22)6-7-13(12)23-15-9-14(19)24-16(25-15)10-4-2-1-3-5-10/h1-9H,(H,23,24,25). The Balaban J connectivity index is 1.92. The highest BCUT2D eigenvalue weighted by Crippen LogP contribution is 2.34. The van der Waals surface area contributed by atoms with Crippen LogP contribution in [0.1, 0.15) is 5.56 Å². The molecule has 2 aromatic carbocycles. The Kier molecular flexibility index (Phi) is 4.83. The van der Waals surface area contributed by atoms with Gasteiger partial charge in [0.2, 0.25) is 0 Å². The average molecular weight is 384 g/mol. The fraction of sp³-hybridized carbons (Fsp3) is 0.0588. The lowest BCUT2D eigenvalue weighted by Gasteiger charge is -2.12. The van der Waals surface area contributed by atoms with E-state index in [2.05, 4.69) is 15.3 Å². The molecular formula is C17H10Cl2F3N3. The summed E-state index contributed by atoms with van der Waals surface area (Å²) in [4.78, 5) is 8.47. The summed E-state index contributed by atoms with van der Waals surface area (Å²) in [6.45, 7) is 0. The fourth-order valence-electron chi connectivity index (χ4n) is 2.13. The summed E-state index contributed by atoms with van der Waals surface area (Å²) in [5, 5.41) is 2.98. The van der Waals surface area contributed by atoms with Crippen molar-refractivity contribution in [2.45, 2.75) is 6.18 Å². The summed E-state index contributed by atoms with van der Waals surface area (Å²) < 4.78 is 38.1. The first-order valence-electron chi connectivity index (χ1n) is 7.07. The monoisotopic (exact) mass is 383 g/mol. The Hall–Kier alpha value is -2.31. The Bertz CT molecular complexity index is 899. The van der Waals surface area contributed by atoms with Gasteiger partial charge in [0.1, 0.15) is 11.0 Å². The number of alkyl halides is 3. The van der Waals surface area contributed by atoms with Gasteiger partial charge in [0.05, 0.1) is 16.3 Å². The third-order valence-corrected chi connectivity index (χ3v) is 3.79. The maximum Gasteiger partial charge on any atom is 0.416 e. The highest BCUT2D eigenvalue weighted by molar-refractivity contribution is 6.33. The second kappa shape index (κ2) is 6.90. The van der Waals surface area contributed by atoms with Crippen LogP contribution in [0.3, 0.4) is 0 Å². The van der Waals surface area contributed by atoms with Gasteiger partial charge < -0.3 is 5.32 Å². The van der Waals surface area contributed by atoms with E-state index in [4.69, 9.17) is 23.2 Å². The molecule has 0 saturated carbocycles. The van der Waals surface area contributed by atoms with Crippen LogP contribution in [0.5, 0.6) is 0 Å². The zero-order valence-corrected chi connectivity index (χ0v) is 14.0. The number of hydrogen-bond acceptors (Lipinski definition) is 3. The molecule has 0 spiro atoms. The van der Waals surface area contributed by atoms with Crippen LogP contribution in [-0.2, 0) is 6.18 Å². The third kappa shape index (κ3) is 4.21. The van der Waals surface area contributed by atoms with Crippen molar-refractivity contribution in [3.8, 4) is 11.4 Å². The first-order chi connectivity index (χ1) is 11.8. The van der Waals surface area contributed by atoms with E-state index in [0.29, 0.717) is 11.6 Å². The molecule has 0 unspecified atom stereocenters. The van der Waals surface area contributed by atoms with Gasteiger partial charge in [0.15, 0.2) is 5.82 Å². The summed E-state index contributed by atoms with van der Waals surface area (Å²) in [6.07, 6.45) is -4.46. The second-order valence-corrected chi connectivity index (χ2v) is 5.88. The van der Waals surface area contributed by atoms with Crippen molar-refractivity contribution in [2.24, 2.45) is 0 Å². The normalized spacial score (nSPS) is 11.4. The lowest BCUT2D eigenvalue weighted by Crippen LogP contribution is -2.05. The van der Waals surface area contributed by atoms with E-state index in [1.54, 1.807) is 0 Å². The molecule has 1 heterocycles. The van der Waals surface area contributed by atoms with Crippen LogP contribution in [-0.4, -0.2) is 9.97 Å². The highest BCUT2D eigenvalue weighted by Gasteiger charge is 2.30. The number of nitrogens with zero attached hydrogens (tertiary/aromatic N) is 2. The first kappa shape index (κ1) is 17.5. The molecule has 0 fully saturated rings. The van der Waals surface area contributed by atoms with Gasteiger partial charge in [0.25, 0.3) is 0 Å². The van der Waals surface area contributed by atoms with Crippen molar-refractivity contribution < 1.29 is 13.2 Å². The molecule has 0 aliphatic carbocycles. The van der Waals surface area contributed by atoms with Crippen molar-refractivity contribution in [1.29, 1.82) is 0 Å². The third-order valence-electron chi connectivity index (χ3n) is 3.29. The van der Waals surface area contributed by atoms with Gasteiger partial charge in [-0.25, -0.2) is 9.97 Å². The van der Waals surface area contributed by atoms with Crippen LogP contribution in [0.15, 0.2) is 54.6 Å². The minimum atomic E-state index is -4.46. The second-order valence-electron chi connectivity index (χ2n) is 5.08. The van der Waals surface area contributed by atoms with E-state index in [0.717, 1.165) is 17.7 Å². The topological polar surface area (TPSA) is 37.8 Å². The molecule has 1 N–H and O–H groups in total. The van der Waals surface area contributed by atoms with E-state index in [1.807, 2.05) is 30.3 Å². The predicted molar refractivity (Wildman–Crippen MR) is 92.2 cm³/mol. The Labute approximate surface area is 151 Å². The number of anilines is 2. The predicted octanol–water partition coefficient (Wildman–Crippen LogP) is 6.21. The van der Waals surface area contributed by atoms with Crippen LogP contribution in [0.4, 0.5) is 24.7 Å².